The second-order valence-electron chi connectivity index (χ2n) is 9.39. The van der Waals surface area contributed by atoms with E-state index < -0.39 is 23.3 Å². The molecule has 210 valence electrons. The van der Waals surface area contributed by atoms with E-state index in [0.29, 0.717) is 46.9 Å². The molecule has 13 heteroatoms. The molecule has 4 aromatic rings. The number of likely N-dealkylation sites (N-methyl/N-ethyl adjacent to an activating group) is 1. The monoisotopic (exact) mass is 559 g/mol. The predicted molar refractivity (Wildman–Crippen MR) is 137 cm³/mol. The van der Waals surface area contributed by atoms with E-state index in [4.69, 9.17) is 14.0 Å². The normalized spacial score (nSPS) is 14.2. The minimum absolute atomic E-state index is 0.0812. The van der Waals surface area contributed by atoms with E-state index >= 15 is 0 Å². The average Bonchev–Trinajstić information content (AvgIpc) is 3.63. The number of hydrogen-bond donors (Lipinski definition) is 2. The van der Waals surface area contributed by atoms with Crippen LogP contribution < -0.4 is 20.1 Å². The lowest BCUT2D eigenvalue weighted by Crippen LogP contribution is -2.28. The van der Waals surface area contributed by atoms with Crippen molar-refractivity contribution < 1.29 is 36.4 Å². The van der Waals surface area contributed by atoms with Gasteiger partial charge in [0, 0.05) is 30.3 Å². The number of methoxy groups -OCH3 is 1. The Morgan fingerprint density at radius 3 is 2.58 bits per heavy atom. The number of rotatable bonds is 10. The number of carbonyl (C=O) groups is 1. The van der Waals surface area contributed by atoms with Crippen molar-refractivity contribution in [3.05, 3.63) is 59.7 Å². The number of hydrogen-bond acceptors (Lipinski definition) is 8. The van der Waals surface area contributed by atoms with Crippen LogP contribution >= 0.6 is 0 Å². The Balaban J connectivity index is 1.28. The van der Waals surface area contributed by atoms with E-state index in [9.17, 15) is 22.4 Å². The smallest absolute Gasteiger partial charge is 0.401 e. The van der Waals surface area contributed by atoms with Gasteiger partial charge in [-0.1, -0.05) is 17.3 Å². The summed E-state index contributed by atoms with van der Waals surface area (Å²) in [6.45, 7) is 1.09. The van der Waals surface area contributed by atoms with Crippen molar-refractivity contribution in [1.29, 1.82) is 0 Å². The highest BCUT2D eigenvalue weighted by Gasteiger charge is 2.66. The Hall–Kier alpha value is -4.26. The van der Waals surface area contributed by atoms with Crippen molar-refractivity contribution in [2.24, 2.45) is 0 Å². The van der Waals surface area contributed by atoms with E-state index in [0.717, 1.165) is 6.07 Å². The first-order chi connectivity index (χ1) is 19.1. The van der Waals surface area contributed by atoms with Crippen molar-refractivity contribution in [2.75, 3.05) is 32.6 Å². The van der Waals surface area contributed by atoms with Crippen molar-refractivity contribution in [2.45, 2.75) is 30.9 Å². The number of nitrogens with zero attached hydrogens (tertiary/aromatic N) is 3. The van der Waals surface area contributed by atoms with Gasteiger partial charge in [-0.05, 0) is 31.5 Å². The highest BCUT2D eigenvalue weighted by atomic mass is 19.4. The van der Waals surface area contributed by atoms with E-state index in [1.807, 2.05) is 7.05 Å². The highest BCUT2D eigenvalue weighted by Crippen LogP contribution is 2.59. The molecule has 5 rings (SSSR count). The second-order valence-corrected chi connectivity index (χ2v) is 9.39. The van der Waals surface area contributed by atoms with Gasteiger partial charge in [0.25, 0.3) is 0 Å². The van der Waals surface area contributed by atoms with E-state index in [2.05, 4.69) is 25.8 Å². The summed E-state index contributed by atoms with van der Waals surface area (Å²) in [5.41, 5.74) is -0.0436. The van der Waals surface area contributed by atoms with Crippen LogP contribution in [0.3, 0.4) is 0 Å². The molecule has 1 amide bonds. The van der Waals surface area contributed by atoms with Crippen molar-refractivity contribution in [1.82, 2.24) is 20.4 Å². The molecule has 0 atom stereocenters. The standard InChI is InChI=1S/C27H25F4N5O4/c1-32-7-8-39-22-11-18-19(12-21(22)38-2)34-20(14-33-18)16-4-3-15(17(28)9-16)10-25(37)35-24-13-23(40-36-24)26(5-6-26)27(29,30)31/h3-4,9,11-14,32H,5-8,10H2,1-2H3,(H,35,36,37). The van der Waals surface area contributed by atoms with Gasteiger partial charge in [-0.25, -0.2) is 9.37 Å². The molecule has 0 radical (unpaired) electrons. The first kappa shape index (κ1) is 27.3. The van der Waals surface area contributed by atoms with Crippen LogP contribution in [-0.4, -0.2) is 54.5 Å². The summed E-state index contributed by atoms with van der Waals surface area (Å²) in [6, 6.07) is 8.73. The molecule has 40 heavy (non-hydrogen) atoms. The minimum Gasteiger partial charge on any atom is -0.493 e. The molecule has 2 N–H and O–H groups in total. The van der Waals surface area contributed by atoms with Gasteiger partial charge in [-0.2, -0.15) is 13.2 Å². The van der Waals surface area contributed by atoms with E-state index in [-0.39, 0.29) is 36.4 Å². The average molecular weight is 560 g/mol. The molecular formula is C27H25F4N5O4. The molecule has 2 heterocycles. The van der Waals surface area contributed by atoms with E-state index in [1.54, 1.807) is 18.2 Å². The third-order valence-electron chi connectivity index (χ3n) is 6.68. The van der Waals surface area contributed by atoms with Crippen molar-refractivity contribution in [3.8, 4) is 22.8 Å². The van der Waals surface area contributed by atoms with Gasteiger partial charge in [0.2, 0.25) is 5.91 Å². The number of alkyl halides is 3. The van der Waals surface area contributed by atoms with Gasteiger partial charge in [-0.15, -0.1) is 0 Å². The third-order valence-corrected chi connectivity index (χ3v) is 6.68. The topological polar surface area (TPSA) is 111 Å². The summed E-state index contributed by atoms with van der Waals surface area (Å²) >= 11 is 0. The molecule has 2 aromatic heterocycles. The van der Waals surface area contributed by atoms with E-state index in [1.165, 1.54) is 25.4 Å². The molecule has 9 nitrogen and oxygen atoms in total. The summed E-state index contributed by atoms with van der Waals surface area (Å²) in [4.78, 5) is 21.4. The molecule has 0 spiro atoms. The van der Waals surface area contributed by atoms with Crippen LogP contribution in [0, 0.1) is 5.82 Å². The van der Waals surface area contributed by atoms with Crippen LogP contribution in [0.2, 0.25) is 0 Å². The fourth-order valence-corrected chi connectivity index (χ4v) is 4.26. The maximum atomic E-state index is 14.9. The molecule has 2 aromatic carbocycles. The number of benzene rings is 2. The largest absolute Gasteiger partial charge is 0.493 e. The third kappa shape index (κ3) is 5.41. The molecule has 0 aliphatic heterocycles. The molecule has 0 saturated heterocycles. The van der Waals surface area contributed by atoms with Crippen molar-refractivity contribution >= 4 is 22.8 Å². The van der Waals surface area contributed by atoms with Crippen LogP contribution in [0.15, 0.2) is 47.1 Å². The predicted octanol–water partition coefficient (Wildman–Crippen LogP) is 4.81. The van der Waals surface area contributed by atoms with Gasteiger partial charge >= 0.3 is 6.18 Å². The Morgan fingerprint density at radius 1 is 1.12 bits per heavy atom. The second kappa shape index (κ2) is 10.7. The number of amides is 1. The lowest BCUT2D eigenvalue weighted by molar-refractivity contribution is -0.165. The Bertz CT molecular complexity index is 1550. The van der Waals surface area contributed by atoms with Gasteiger partial charge < -0.3 is 24.6 Å². The van der Waals surface area contributed by atoms with Gasteiger partial charge in [0.1, 0.15) is 17.8 Å². The lowest BCUT2D eigenvalue weighted by Gasteiger charge is -2.14. The number of halogens is 4. The quantitative estimate of drug-likeness (QED) is 0.211. The Labute approximate surface area is 225 Å². The molecule has 1 aliphatic rings. The SMILES string of the molecule is CNCCOc1cc2ncc(-c3ccc(CC(=O)Nc4cc(C5(C(F)(F)F)CC5)on4)c(F)c3)nc2cc1OC. The molecule has 1 fully saturated rings. The van der Waals surface area contributed by atoms with Crippen LogP contribution in [0.1, 0.15) is 24.2 Å². The summed E-state index contributed by atoms with van der Waals surface area (Å²) in [5, 5.41) is 8.87. The zero-order valence-electron chi connectivity index (χ0n) is 21.6. The number of anilines is 1. The fraction of sp³-hybridized carbons (Fsp3) is 0.333. The number of fused-ring (bicyclic) bond motifs is 1. The number of nitrogens with one attached hydrogen (secondary N) is 2. The highest BCUT2D eigenvalue weighted by molar-refractivity contribution is 5.91. The first-order valence-corrected chi connectivity index (χ1v) is 12.4. The lowest BCUT2D eigenvalue weighted by atomic mass is 10.0. The van der Waals surface area contributed by atoms with Crippen LogP contribution in [-0.2, 0) is 16.6 Å². The van der Waals surface area contributed by atoms with Gasteiger partial charge in [0.15, 0.2) is 23.1 Å². The number of carbonyl (C=O) groups excluding carboxylic acids is 1. The van der Waals surface area contributed by atoms with Crippen LogP contribution in [0.5, 0.6) is 11.5 Å². The Morgan fingerprint density at radius 2 is 1.90 bits per heavy atom. The van der Waals surface area contributed by atoms with Crippen LogP contribution in [0.25, 0.3) is 22.3 Å². The van der Waals surface area contributed by atoms with Gasteiger partial charge in [0.05, 0.1) is 36.5 Å². The Kier molecular flexibility index (Phi) is 7.32. The minimum atomic E-state index is -4.47. The molecule has 0 bridgehead atoms. The number of ether oxygens (including phenoxy) is 2. The molecule has 1 aliphatic carbocycles. The summed E-state index contributed by atoms with van der Waals surface area (Å²) in [5.74, 6) is -0.825. The summed E-state index contributed by atoms with van der Waals surface area (Å²) < 4.78 is 70.8. The maximum Gasteiger partial charge on any atom is 0.401 e. The molecule has 1 saturated carbocycles. The molecular weight excluding hydrogens is 534 g/mol. The van der Waals surface area contributed by atoms with Crippen LogP contribution in [0.4, 0.5) is 23.4 Å². The first-order valence-electron chi connectivity index (χ1n) is 12.4. The van der Waals surface area contributed by atoms with Crippen molar-refractivity contribution in [3.63, 3.8) is 0 Å². The summed E-state index contributed by atoms with van der Waals surface area (Å²) in [7, 11) is 3.33. The number of aromatic nitrogens is 3. The maximum absolute atomic E-state index is 14.9. The zero-order valence-corrected chi connectivity index (χ0v) is 21.6. The molecule has 0 unspecified atom stereocenters. The zero-order chi connectivity index (χ0) is 28.5. The van der Waals surface area contributed by atoms with Gasteiger partial charge in [-0.3, -0.25) is 9.78 Å². The summed E-state index contributed by atoms with van der Waals surface area (Å²) in [6.07, 6.45) is -3.53. The fourth-order valence-electron chi connectivity index (χ4n) is 4.26.